The van der Waals surface area contributed by atoms with Crippen molar-refractivity contribution < 1.29 is 0 Å². The van der Waals surface area contributed by atoms with Crippen LogP contribution in [0.1, 0.15) is 32.3 Å². The number of para-hydroxylation sites is 1. The van der Waals surface area contributed by atoms with Gasteiger partial charge >= 0.3 is 0 Å². The van der Waals surface area contributed by atoms with Gasteiger partial charge in [-0.1, -0.05) is 32.9 Å². The van der Waals surface area contributed by atoms with Crippen molar-refractivity contribution in [1.82, 2.24) is 9.97 Å². The molecule has 1 aromatic heterocycles. The third-order valence-electron chi connectivity index (χ3n) is 2.97. The summed E-state index contributed by atoms with van der Waals surface area (Å²) >= 11 is 0. The van der Waals surface area contributed by atoms with Gasteiger partial charge in [0.1, 0.15) is 0 Å². The van der Waals surface area contributed by atoms with Gasteiger partial charge in [0.25, 0.3) is 0 Å². The highest BCUT2D eigenvalue weighted by Crippen LogP contribution is 2.28. The zero-order valence-electron chi connectivity index (χ0n) is 8.91. The van der Waals surface area contributed by atoms with Crippen LogP contribution in [0.3, 0.4) is 0 Å². The molecule has 0 fully saturated rings. The highest BCUT2D eigenvalue weighted by Gasteiger charge is 2.13. The number of nitrogens with one attached hydrogen (secondary N) is 1. The first-order chi connectivity index (χ1) is 6.70. The summed E-state index contributed by atoms with van der Waals surface area (Å²) in [4.78, 5) is 7.51. The van der Waals surface area contributed by atoms with E-state index in [1.54, 1.807) is 6.33 Å². The Labute approximate surface area is 84.4 Å². The maximum absolute atomic E-state index is 4.37. The highest BCUT2D eigenvalue weighted by atomic mass is 14.9. The number of rotatable bonds is 2. The fraction of sp³-hybridized carbons (Fsp3) is 0.417. The van der Waals surface area contributed by atoms with Crippen LogP contribution in [0.25, 0.3) is 11.0 Å². The van der Waals surface area contributed by atoms with E-state index in [2.05, 4.69) is 48.9 Å². The average molecular weight is 188 g/mol. The zero-order valence-corrected chi connectivity index (χ0v) is 8.91. The fourth-order valence-corrected chi connectivity index (χ4v) is 1.71. The Bertz CT molecular complexity index is 429. The second kappa shape index (κ2) is 3.45. The summed E-state index contributed by atoms with van der Waals surface area (Å²) < 4.78 is 0. The molecule has 1 N–H and O–H groups in total. The lowest BCUT2D eigenvalue weighted by atomic mass is 9.89. The van der Waals surface area contributed by atoms with Gasteiger partial charge in [-0.05, 0) is 23.5 Å². The maximum Gasteiger partial charge on any atom is 0.0931 e. The highest BCUT2D eigenvalue weighted by molar-refractivity contribution is 5.78. The van der Waals surface area contributed by atoms with Crippen molar-refractivity contribution in [2.24, 2.45) is 5.92 Å². The van der Waals surface area contributed by atoms with Crippen molar-refractivity contribution in [3.8, 4) is 0 Å². The van der Waals surface area contributed by atoms with E-state index in [4.69, 9.17) is 0 Å². The van der Waals surface area contributed by atoms with Crippen LogP contribution in [-0.2, 0) is 0 Å². The minimum atomic E-state index is 0.557. The van der Waals surface area contributed by atoms with Crippen LogP contribution < -0.4 is 0 Å². The molecular formula is C12H16N2. The van der Waals surface area contributed by atoms with Gasteiger partial charge in [-0.2, -0.15) is 0 Å². The van der Waals surface area contributed by atoms with Gasteiger partial charge in [0.15, 0.2) is 0 Å². The lowest BCUT2D eigenvalue weighted by Gasteiger charge is -2.16. The van der Waals surface area contributed by atoms with Crippen LogP contribution in [0.2, 0.25) is 0 Å². The predicted molar refractivity (Wildman–Crippen MR) is 59.3 cm³/mol. The Morgan fingerprint density at radius 2 is 2.00 bits per heavy atom. The Balaban J connectivity index is 2.56. The molecule has 2 nitrogen and oxygen atoms in total. The molecule has 0 amide bonds. The van der Waals surface area contributed by atoms with Crippen LogP contribution >= 0.6 is 0 Å². The van der Waals surface area contributed by atoms with E-state index >= 15 is 0 Å². The van der Waals surface area contributed by atoms with Gasteiger partial charge in [0.05, 0.1) is 17.4 Å². The summed E-state index contributed by atoms with van der Waals surface area (Å²) in [6, 6.07) is 6.33. The summed E-state index contributed by atoms with van der Waals surface area (Å²) in [5, 5.41) is 0. The van der Waals surface area contributed by atoms with Crippen molar-refractivity contribution in [2.45, 2.75) is 26.7 Å². The van der Waals surface area contributed by atoms with E-state index in [-0.39, 0.29) is 0 Å². The van der Waals surface area contributed by atoms with E-state index in [0.29, 0.717) is 11.8 Å². The summed E-state index contributed by atoms with van der Waals surface area (Å²) in [7, 11) is 0. The SMILES string of the molecule is CC(C)C(C)c1cccc2[nH]cnc12. The van der Waals surface area contributed by atoms with Gasteiger partial charge in [0.2, 0.25) is 0 Å². The second-order valence-electron chi connectivity index (χ2n) is 4.18. The van der Waals surface area contributed by atoms with Crippen LogP contribution in [0.4, 0.5) is 0 Å². The standard InChI is InChI=1S/C12H16N2/c1-8(2)9(3)10-5-4-6-11-12(10)14-7-13-11/h4-9H,1-3H3,(H,13,14). The molecule has 1 aromatic carbocycles. The number of aromatic nitrogens is 2. The van der Waals surface area contributed by atoms with Crippen molar-refractivity contribution in [3.05, 3.63) is 30.1 Å². The lowest BCUT2D eigenvalue weighted by molar-refractivity contribution is 0.537. The Kier molecular flexibility index (Phi) is 2.28. The van der Waals surface area contributed by atoms with E-state index in [9.17, 15) is 0 Å². The summed E-state index contributed by atoms with van der Waals surface area (Å²) in [5.41, 5.74) is 3.60. The minimum Gasteiger partial charge on any atom is -0.345 e. The Hall–Kier alpha value is -1.31. The summed E-state index contributed by atoms with van der Waals surface area (Å²) in [6.07, 6.45) is 1.77. The molecule has 1 atom stereocenters. The molecule has 0 spiro atoms. The molecule has 0 aliphatic heterocycles. The second-order valence-corrected chi connectivity index (χ2v) is 4.18. The number of fused-ring (bicyclic) bond motifs is 1. The topological polar surface area (TPSA) is 28.7 Å². The van der Waals surface area contributed by atoms with Gasteiger partial charge in [-0.15, -0.1) is 0 Å². The Morgan fingerprint density at radius 3 is 2.71 bits per heavy atom. The van der Waals surface area contributed by atoms with E-state index in [1.807, 2.05) is 0 Å². The predicted octanol–water partition coefficient (Wildman–Crippen LogP) is 3.32. The number of nitrogens with zero attached hydrogens (tertiary/aromatic N) is 1. The van der Waals surface area contributed by atoms with Gasteiger partial charge < -0.3 is 4.98 Å². The average Bonchev–Trinajstić information content (AvgIpc) is 2.63. The smallest absolute Gasteiger partial charge is 0.0931 e. The normalized spacial score (nSPS) is 13.7. The molecule has 1 unspecified atom stereocenters. The first-order valence-corrected chi connectivity index (χ1v) is 5.12. The van der Waals surface area contributed by atoms with Crippen LogP contribution in [0.5, 0.6) is 0 Å². The first-order valence-electron chi connectivity index (χ1n) is 5.12. The molecule has 74 valence electrons. The molecule has 0 saturated carbocycles. The van der Waals surface area contributed by atoms with Crippen molar-refractivity contribution in [2.75, 3.05) is 0 Å². The summed E-state index contributed by atoms with van der Waals surface area (Å²) in [6.45, 7) is 6.75. The molecule has 0 radical (unpaired) electrons. The molecule has 0 aliphatic carbocycles. The molecular weight excluding hydrogens is 172 g/mol. The molecule has 2 heteroatoms. The van der Waals surface area contributed by atoms with Crippen molar-refractivity contribution in [3.63, 3.8) is 0 Å². The Morgan fingerprint density at radius 1 is 1.21 bits per heavy atom. The van der Waals surface area contributed by atoms with E-state index in [1.165, 1.54) is 5.56 Å². The third-order valence-corrected chi connectivity index (χ3v) is 2.97. The number of imidazole rings is 1. The number of hydrogen-bond donors (Lipinski definition) is 1. The van der Waals surface area contributed by atoms with Gasteiger partial charge in [0, 0.05) is 0 Å². The number of aromatic amines is 1. The number of benzene rings is 1. The molecule has 2 rings (SSSR count). The molecule has 0 saturated heterocycles. The minimum absolute atomic E-state index is 0.557. The van der Waals surface area contributed by atoms with Crippen molar-refractivity contribution >= 4 is 11.0 Å². The van der Waals surface area contributed by atoms with E-state index in [0.717, 1.165) is 11.0 Å². The largest absolute Gasteiger partial charge is 0.345 e. The quantitative estimate of drug-likeness (QED) is 0.769. The molecule has 0 bridgehead atoms. The molecule has 0 aliphatic rings. The fourth-order valence-electron chi connectivity index (χ4n) is 1.71. The van der Waals surface area contributed by atoms with Gasteiger partial charge in [-0.3, -0.25) is 0 Å². The number of H-pyrrole nitrogens is 1. The number of hydrogen-bond acceptors (Lipinski definition) is 1. The lowest BCUT2D eigenvalue weighted by Crippen LogP contribution is -2.02. The van der Waals surface area contributed by atoms with Crippen LogP contribution in [0.15, 0.2) is 24.5 Å². The van der Waals surface area contributed by atoms with Crippen LogP contribution in [0, 0.1) is 5.92 Å². The maximum atomic E-state index is 4.37. The molecule has 14 heavy (non-hydrogen) atoms. The monoisotopic (exact) mass is 188 g/mol. The molecule has 2 aromatic rings. The van der Waals surface area contributed by atoms with E-state index < -0.39 is 0 Å². The summed E-state index contributed by atoms with van der Waals surface area (Å²) in [5.74, 6) is 1.21. The van der Waals surface area contributed by atoms with Gasteiger partial charge in [-0.25, -0.2) is 4.98 Å². The third kappa shape index (κ3) is 1.41. The van der Waals surface area contributed by atoms with Crippen molar-refractivity contribution in [1.29, 1.82) is 0 Å². The zero-order chi connectivity index (χ0) is 10.1. The van der Waals surface area contributed by atoms with Crippen LogP contribution in [-0.4, -0.2) is 9.97 Å². The molecule has 1 heterocycles. The first kappa shape index (κ1) is 9.25.